The second-order valence-corrected chi connectivity index (χ2v) is 4.61. The summed E-state index contributed by atoms with van der Waals surface area (Å²) >= 11 is 0. The molecule has 102 valence electrons. The molecule has 0 fully saturated rings. The van der Waals surface area contributed by atoms with E-state index in [0.717, 1.165) is 16.7 Å². The fourth-order valence-electron chi connectivity index (χ4n) is 1.95. The summed E-state index contributed by atoms with van der Waals surface area (Å²) in [7, 11) is 0. The van der Waals surface area contributed by atoms with E-state index < -0.39 is 19.1 Å². The largest absolute Gasteiger partial charge is 0.393 e. The summed E-state index contributed by atoms with van der Waals surface area (Å²) in [6.45, 7) is 3.62. The first-order valence-corrected chi connectivity index (χ1v) is 6.08. The van der Waals surface area contributed by atoms with Gasteiger partial charge in [-0.2, -0.15) is 0 Å². The Morgan fingerprint density at radius 2 is 1.78 bits per heavy atom. The van der Waals surface area contributed by atoms with Gasteiger partial charge in [0.05, 0.1) is 6.10 Å². The van der Waals surface area contributed by atoms with E-state index in [-0.39, 0.29) is 6.61 Å². The van der Waals surface area contributed by atoms with Crippen molar-refractivity contribution in [1.82, 2.24) is 0 Å². The highest BCUT2D eigenvalue weighted by Gasteiger charge is 2.08. The van der Waals surface area contributed by atoms with Crippen LogP contribution in [0.15, 0.2) is 18.2 Å². The van der Waals surface area contributed by atoms with Gasteiger partial charge in [-0.1, -0.05) is 29.3 Å². The molecule has 4 heteroatoms. The molecule has 0 amide bonds. The van der Waals surface area contributed by atoms with E-state index in [4.69, 9.17) is 4.74 Å². The molecule has 1 unspecified atom stereocenters. The van der Waals surface area contributed by atoms with E-state index in [1.807, 2.05) is 26.0 Å². The first kappa shape index (κ1) is 15.1. The number of benzene rings is 1. The first-order valence-electron chi connectivity index (χ1n) is 6.08. The lowest BCUT2D eigenvalue weighted by atomic mass is 10.0. The van der Waals surface area contributed by atoms with Crippen LogP contribution in [0.25, 0.3) is 0 Å². The number of aryl methyl sites for hydroxylation is 2. The van der Waals surface area contributed by atoms with Gasteiger partial charge >= 0.3 is 0 Å². The van der Waals surface area contributed by atoms with E-state index in [0.29, 0.717) is 12.8 Å². The Morgan fingerprint density at radius 1 is 1.17 bits per heavy atom. The average molecular weight is 258 g/mol. The number of aliphatic hydroxyl groups excluding tert-OH is 1. The zero-order chi connectivity index (χ0) is 13.5. The lowest BCUT2D eigenvalue weighted by molar-refractivity contribution is 0.00512. The third kappa shape index (κ3) is 6.07. The highest BCUT2D eigenvalue weighted by Crippen LogP contribution is 2.12. The van der Waals surface area contributed by atoms with Gasteiger partial charge in [0.2, 0.25) is 0 Å². The van der Waals surface area contributed by atoms with Crippen LogP contribution in [0.5, 0.6) is 0 Å². The molecule has 0 spiro atoms. The topological polar surface area (TPSA) is 29.5 Å². The Hall–Kier alpha value is -1.00. The lowest BCUT2D eigenvalue weighted by Gasteiger charge is -2.12. The molecule has 18 heavy (non-hydrogen) atoms. The van der Waals surface area contributed by atoms with E-state index in [2.05, 4.69) is 6.07 Å². The van der Waals surface area contributed by atoms with Crippen LogP contribution >= 0.6 is 0 Å². The molecule has 2 nitrogen and oxygen atoms in total. The van der Waals surface area contributed by atoms with Gasteiger partial charge in [0.1, 0.15) is 6.61 Å². The van der Waals surface area contributed by atoms with Crippen molar-refractivity contribution in [3.63, 3.8) is 0 Å². The van der Waals surface area contributed by atoms with Gasteiger partial charge in [0, 0.05) is 6.61 Å². The Kier molecular flexibility index (Phi) is 6.22. The smallest absolute Gasteiger partial charge is 0.261 e. The maximum Gasteiger partial charge on any atom is 0.261 e. The molecule has 0 saturated heterocycles. The van der Waals surface area contributed by atoms with Crippen LogP contribution in [0, 0.1) is 13.8 Å². The number of hydrogen-bond donors (Lipinski definition) is 1. The monoisotopic (exact) mass is 258 g/mol. The molecule has 0 radical (unpaired) electrons. The third-order valence-electron chi connectivity index (χ3n) is 2.59. The second-order valence-electron chi connectivity index (χ2n) is 4.61. The fourth-order valence-corrected chi connectivity index (χ4v) is 1.95. The van der Waals surface area contributed by atoms with Crippen molar-refractivity contribution in [3.8, 4) is 0 Å². The minimum atomic E-state index is -2.44. The third-order valence-corrected chi connectivity index (χ3v) is 2.59. The van der Waals surface area contributed by atoms with Gasteiger partial charge in [-0.3, -0.25) is 0 Å². The standard InChI is InChI=1S/C14H20F2O2/c1-10-5-11(2)7-12(6-10)8-13(17)3-4-18-9-14(15)16/h5-7,13-14,17H,3-4,8-9H2,1-2H3. The number of aliphatic hydroxyl groups is 1. The van der Waals surface area contributed by atoms with Crippen molar-refractivity contribution in [2.75, 3.05) is 13.2 Å². The summed E-state index contributed by atoms with van der Waals surface area (Å²) in [6, 6.07) is 6.12. The average Bonchev–Trinajstić information content (AvgIpc) is 2.22. The van der Waals surface area contributed by atoms with Gasteiger partial charge in [0.15, 0.2) is 0 Å². The maximum atomic E-state index is 11.8. The van der Waals surface area contributed by atoms with E-state index in [1.54, 1.807) is 0 Å². The Balaban J connectivity index is 2.33. The quantitative estimate of drug-likeness (QED) is 0.762. The summed E-state index contributed by atoms with van der Waals surface area (Å²) < 4.78 is 28.4. The lowest BCUT2D eigenvalue weighted by Crippen LogP contribution is -2.15. The van der Waals surface area contributed by atoms with Crippen LogP contribution in [0.1, 0.15) is 23.1 Å². The minimum absolute atomic E-state index is 0.163. The summed E-state index contributed by atoms with van der Waals surface area (Å²) in [4.78, 5) is 0. The molecule has 1 rings (SSSR count). The number of hydrogen-bond acceptors (Lipinski definition) is 2. The molecule has 0 aliphatic carbocycles. The van der Waals surface area contributed by atoms with Gasteiger partial charge in [-0.05, 0) is 32.3 Å². The van der Waals surface area contributed by atoms with Gasteiger partial charge in [-0.15, -0.1) is 0 Å². The van der Waals surface area contributed by atoms with Gasteiger partial charge in [-0.25, -0.2) is 8.78 Å². The van der Waals surface area contributed by atoms with Crippen molar-refractivity contribution >= 4 is 0 Å². The minimum Gasteiger partial charge on any atom is -0.393 e. The van der Waals surface area contributed by atoms with Crippen molar-refractivity contribution in [1.29, 1.82) is 0 Å². The SMILES string of the molecule is Cc1cc(C)cc(CC(O)CCOCC(F)F)c1. The van der Waals surface area contributed by atoms with E-state index in [1.165, 1.54) is 0 Å². The summed E-state index contributed by atoms with van der Waals surface area (Å²) in [5, 5.41) is 9.78. The number of ether oxygens (including phenoxy) is 1. The number of alkyl halides is 2. The van der Waals surface area contributed by atoms with E-state index >= 15 is 0 Å². The molecular formula is C14H20F2O2. The molecule has 0 aliphatic heterocycles. The molecule has 0 bridgehead atoms. The highest BCUT2D eigenvalue weighted by molar-refractivity contribution is 5.28. The number of rotatable bonds is 7. The van der Waals surface area contributed by atoms with Crippen LogP contribution in [0.4, 0.5) is 8.78 Å². The molecule has 1 aromatic rings. The van der Waals surface area contributed by atoms with Crippen LogP contribution in [0.3, 0.4) is 0 Å². The Labute approximate surface area is 107 Å². The summed E-state index contributed by atoms with van der Waals surface area (Å²) in [6.07, 6.45) is -2.09. The zero-order valence-electron chi connectivity index (χ0n) is 10.8. The molecule has 1 aromatic carbocycles. The van der Waals surface area contributed by atoms with Crippen LogP contribution < -0.4 is 0 Å². The molecule has 0 aliphatic rings. The normalized spacial score (nSPS) is 13.0. The second kappa shape index (κ2) is 7.44. The summed E-state index contributed by atoms with van der Waals surface area (Å²) in [5.74, 6) is 0. The first-order chi connectivity index (χ1) is 8.47. The molecule has 0 saturated carbocycles. The number of halogens is 2. The van der Waals surface area contributed by atoms with Crippen molar-refractivity contribution in [3.05, 3.63) is 34.9 Å². The molecule has 0 heterocycles. The van der Waals surface area contributed by atoms with E-state index in [9.17, 15) is 13.9 Å². The maximum absolute atomic E-state index is 11.8. The fraction of sp³-hybridized carbons (Fsp3) is 0.571. The van der Waals surface area contributed by atoms with Crippen LogP contribution in [-0.4, -0.2) is 30.8 Å². The molecular weight excluding hydrogens is 238 g/mol. The summed E-state index contributed by atoms with van der Waals surface area (Å²) in [5.41, 5.74) is 3.38. The van der Waals surface area contributed by atoms with Crippen LogP contribution in [-0.2, 0) is 11.2 Å². The predicted molar refractivity (Wildman–Crippen MR) is 67.1 cm³/mol. The van der Waals surface area contributed by atoms with Gasteiger partial charge < -0.3 is 9.84 Å². The van der Waals surface area contributed by atoms with Crippen molar-refractivity contribution in [2.24, 2.45) is 0 Å². The Bertz CT molecular complexity index is 347. The van der Waals surface area contributed by atoms with Crippen molar-refractivity contribution < 1.29 is 18.6 Å². The predicted octanol–water partition coefficient (Wildman–Crippen LogP) is 2.88. The molecule has 0 aromatic heterocycles. The molecule has 1 atom stereocenters. The molecule has 1 N–H and O–H groups in total. The zero-order valence-corrected chi connectivity index (χ0v) is 10.8. The van der Waals surface area contributed by atoms with Crippen LogP contribution in [0.2, 0.25) is 0 Å². The Morgan fingerprint density at radius 3 is 2.33 bits per heavy atom. The highest BCUT2D eigenvalue weighted by atomic mass is 19.3. The van der Waals surface area contributed by atoms with Gasteiger partial charge in [0.25, 0.3) is 6.43 Å². The van der Waals surface area contributed by atoms with Crippen molar-refractivity contribution in [2.45, 2.75) is 39.2 Å².